The summed E-state index contributed by atoms with van der Waals surface area (Å²) in [5.41, 5.74) is 3.22. The van der Waals surface area contributed by atoms with Gasteiger partial charge in [0.15, 0.2) is 0 Å². The number of aromatic nitrogens is 2. The molecule has 2 aromatic heterocycles. The van der Waals surface area contributed by atoms with Crippen molar-refractivity contribution in [1.82, 2.24) is 9.97 Å². The second kappa shape index (κ2) is 6.84. The van der Waals surface area contributed by atoms with Crippen molar-refractivity contribution >= 4 is 33.9 Å². The number of amides is 1. The van der Waals surface area contributed by atoms with Gasteiger partial charge in [-0.25, -0.2) is 9.78 Å². The summed E-state index contributed by atoms with van der Waals surface area (Å²) in [4.78, 5) is 32.1. The van der Waals surface area contributed by atoms with E-state index in [0.29, 0.717) is 22.7 Å². The van der Waals surface area contributed by atoms with Crippen LogP contribution in [0.4, 0.5) is 5.95 Å². The minimum absolute atomic E-state index is 0.0769. The number of rotatable bonds is 4. The lowest BCUT2D eigenvalue weighted by atomic mass is 10.0. The molecule has 2 heterocycles. The molecule has 3 N–H and O–H groups in total. The zero-order valence-corrected chi connectivity index (χ0v) is 15.5. The highest BCUT2D eigenvalue weighted by atomic mass is 16.4. The summed E-state index contributed by atoms with van der Waals surface area (Å²) >= 11 is 0. The van der Waals surface area contributed by atoms with Crippen LogP contribution < -0.4 is 10.9 Å². The van der Waals surface area contributed by atoms with E-state index in [4.69, 9.17) is 4.42 Å². The molecule has 0 radical (unpaired) electrons. The number of carbonyl (C=O) groups is 1. The van der Waals surface area contributed by atoms with Crippen LogP contribution in [-0.4, -0.2) is 21.0 Å². The van der Waals surface area contributed by atoms with E-state index in [9.17, 15) is 14.7 Å². The number of fused-ring (bicyclic) bond motifs is 2. The predicted molar refractivity (Wildman–Crippen MR) is 107 cm³/mol. The molecule has 142 valence electrons. The SMILES string of the molecule is Cc1c(CCC(=O)Nc2nc3ccccc3[nH]2)c(=O)oc2c(C)c(O)ccc12. The summed E-state index contributed by atoms with van der Waals surface area (Å²) in [6.07, 6.45) is 0.362. The van der Waals surface area contributed by atoms with E-state index in [2.05, 4.69) is 15.3 Å². The second-order valence-electron chi connectivity index (χ2n) is 6.73. The molecule has 4 rings (SSSR count). The van der Waals surface area contributed by atoms with Gasteiger partial charge in [-0.15, -0.1) is 0 Å². The first-order valence-electron chi connectivity index (χ1n) is 8.93. The van der Waals surface area contributed by atoms with Gasteiger partial charge in [0.2, 0.25) is 11.9 Å². The van der Waals surface area contributed by atoms with Crippen LogP contribution in [0.5, 0.6) is 5.75 Å². The Bertz CT molecular complexity index is 1240. The van der Waals surface area contributed by atoms with E-state index >= 15 is 0 Å². The Balaban J connectivity index is 1.54. The van der Waals surface area contributed by atoms with Gasteiger partial charge in [0.05, 0.1) is 11.0 Å². The summed E-state index contributed by atoms with van der Waals surface area (Å²) in [5.74, 6) is 0.201. The van der Waals surface area contributed by atoms with Crippen molar-refractivity contribution in [2.45, 2.75) is 26.7 Å². The first kappa shape index (κ1) is 17.8. The highest BCUT2D eigenvalue weighted by Gasteiger charge is 2.16. The Morgan fingerprint density at radius 1 is 1.18 bits per heavy atom. The number of anilines is 1. The molecule has 0 unspecified atom stereocenters. The molecule has 0 bridgehead atoms. The number of nitrogens with zero attached hydrogens (tertiary/aromatic N) is 1. The van der Waals surface area contributed by atoms with E-state index in [1.807, 2.05) is 31.2 Å². The number of benzene rings is 2. The fourth-order valence-corrected chi connectivity index (χ4v) is 3.31. The van der Waals surface area contributed by atoms with E-state index < -0.39 is 5.63 Å². The molecule has 0 saturated carbocycles. The van der Waals surface area contributed by atoms with Crippen molar-refractivity contribution in [2.75, 3.05) is 5.32 Å². The molecule has 4 aromatic rings. The number of imidazole rings is 1. The fraction of sp³-hybridized carbons (Fsp3) is 0.190. The van der Waals surface area contributed by atoms with Crippen molar-refractivity contribution in [1.29, 1.82) is 0 Å². The highest BCUT2D eigenvalue weighted by Crippen LogP contribution is 2.28. The van der Waals surface area contributed by atoms with Crippen molar-refractivity contribution in [3.8, 4) is 5.75 Å². The van der Waals surface area contributed by atoms with Crippen molar-refractivity contribution in [2.24, 2.45) is 0 Å². The summed E-state index contributed by atoms with van der Waals surface area (Å²) < 4.78 is 5.41. The molecule has 0 atom stereocenters. The molecule has 7 nitrogen and oxygen atoms in total. The number of aryl methyl sites for hydroxylation is 2. The van der Waals surface area contributed by atoms with Crippen molar-refractivity contribution < 1.29 is 14.3 Å². The third-order valence-corrected chi connectivity index (χ3v) is 4.92. The molecule has 0 spiro atoms. The summed E-state index contributed by atoms with van der Waals surface area (Å²) in [6.45, 7) is 3.52. The zero-order valence-electron chi connectivity index (χ0n) is 15.5. The van der Waals surface area contributed by atoms with Crippen LogP contribution in [0, 0.1) is 13.8 Å². The van der Waals surface area contributed by atoms with Crippen LogP contribution in [0.3, 0.4) is 0 Å². The topological polar surface area (TPSA) is 108 Å². The number of hydrogen-bond acceptors (Lipinski definition) is 5. The average molecular weight is 377 g/mol. The smallest absolute Gasteiger partial charge is 0.339 e. The molecule has 0 saturated heterocycles. The summed E-state index contributed by atoms with van der Waals surface area (Å²) in [7, 11) is 0. The third kappa shape index (κ3) is 3.11. The van der Waals surface area contributed by atoms with E-state index in [1.165, 1.54) is 0 Å². The van der Waals surface area contributed by atoms with Crippen LogP contribution >= 0.6 is 0 Å². The summed E-state index contributed by atoms with van der Waals surface area (Å²) in [6, 6.07) is 10.8. The molecule has 0 aliphatic heterocycles. The first-order valence-corrected chi connectivity index (χ1v) is 8.93. The Morgan fingerprint density at radius 2 is 1.96 bits per heavy atom. The second-order valence-corrected chi connectivity index (χ2v) is 6.73. The van der Waals surface area contributed by atoms with Crippen LogP contribution in [0.1, 0.15) is 23.1 Å². The van der Waals surface area contributed by atoms with Gasteiger partial charge in [-0.05, 0) is 50.1 Å². The Morgan fingerprint density at radius 3 is 2.75 bits per heavy atom. The van der Waals surface area contributed by atoms with Gasteiger partial charge in [0.1, 0.15) is 11.3 Å². The molecule has 1 amide bonds. The standard InChI is InChI=1S/C21H19N3O4/c1-11-13-7-9-17(25)12(2)19(13)28-20(27)14(11)8-10-18(26)24-21-22-15-5-3-4-6-16(15)23-21/h3-7,9,25H,8,10H2,1-2H3,(H2,22,23,24,26). The maximum Gasteiger partial charge on any atom is 0.339 e. The van der Waals surface area contributed by atoms with E-state index in [0.717, 1.165) is 22.0 Å². The lowest BCUT2D eigenvalue weighted by molar-refractivity contribution is -0.116. The predicted octanol–water partition coefficient (Wildman–Crippen LogP) is 3.56. The van der Waals surface area contributed by atoms with Gasteiger partial charge in [0.25, 0.3) is 0 Å². The minimum Gasteiger partial charge on any atom is -0.508 e. The molecule has 0 aliphatic rings. The highest BCUT2D eigenvalue weighted by molar-refractivity contribution is 5.91. The number of nitrogens with one attached hydrogen (secondary N) is 2. The van der Waals surface area contributed by atoms with Gasteiger partial charge in [-0.1, -0.05) is 12.1 Å². The molecule has 28 heavy (non-hydrogen) atoms. The van der Waals surface area contributed by atoms with E-state index in [1.54, 1.807) is 19.1 Å². The number of para-hydroxylation sites is 2. The third-order valence-electron chi connectivity index (χ3n) is 4.92. The molecule has 2 aromatic carbocycles. The van der Waals surface area contributed by atoms with Crippen molar-refractivity contribution in [3.05, 3.63) is 63.5 Å². The number of phenols is 1. The first-order chi connectivity index (χ1) is 13.4. The number of H-pyrrole nitrogens is 1. The van der Waals surface area contributed by atoms with Gasteiger partial charge in [-0.3, -0.25) is 10.1 Å². The Kier molecular flexibility index (Phi) is 4.35. The largest absolute Gasteiger partial charge is 0.508 e. The van der Waals surface area contributed by atoms with E-state index in [-0.39, 0.29) is 24.5 Å². The van der Waals surface area contributed by atoms with Gasteiger partial charge >= 0.3 is 5.63 Å². The average Bonchev–Trinajstić information content (AvgIpc) is 3.07. The van der Waals surface area contributed by atoms with Crippen LogP contribution in [-0.2, 0) is 11.2 Å². The normalized spacial score (nSPS) is 11.2. The number of aromatic amines is 1. The van der Waals surface area contributed by atoms with Crippen LogP contribution in [0.15, 0.2) is 45.6 Å². The molecular formula is C21H19N3O4. The monoisotopic (exact) mass is 377 g/mol. The number of carbonyl (C=O) groups excluding carboxylic acids is 1. The number of hydrogen-bond donors (Lipinski definition) is 3. The van der Waals surface area contributed by atoms with Gasteiger partial charge < -0.3 is 14.5 Å². The maximum absolute atomic E-state index is 12.4. The lowest BCUT2D eigenvalue weighted by Gasteiger charge is -2.10. The number of phenolic OH excluding ortho intramolecular Hbond substituents is 1. The quantitative estimate of drug-likeness (QED) is 0.471. The Labute approximate surface area is 160 Å². The fourth-order valence-electron chi connectivity index (χ4n) is 3.31. The van der Waals surface area contributed by atoms with Gasteiger partial charge in [0, 0.05) is 22.9 Å². The molecule has 0 fully saturated rings. The zero-order chi connectivity index (χ0) is 19.8. The maximum atomic E-state index is 12.4. The Hall–Kier alpha value is -3.61. The summed E-state index contributed by atoms with van der Waals surface area (Å²) in [5, 5.41) is 13.3. The molecule has 7 heteroatoms. The lowest BCUT2D eigenvalue weighted by Crippen LogP contribution is -2.17. The minimum atomic E-state index is -0.491. The number of aromatic hydroxyl groups is 1. The molecular weight excluding hydrogens is 358 g/mol. The van der Waals surface area contributed by atoms with Crippen LogP contribution in [0.2, 0.25) is 0 Å². The van der Waals surface area contributed by atoms with Crippen molar-refractivity contribution in [3.63, 3.8) is 0 Å². The van der Waals surface area contributed by atoms with Crippen LogP contribution in [0.25, 0.3) is 22.0 Å². The van der Waals surface area contributed by atoms with Gasteiger partial charge in [-0.2, -0.15) is 0 Å². The molecule has 0 aliphatic carbocycles.